The molecule has 5 rings (SSSR count). The van der Waals surface area contributed by atoms with Crippen molar-refractivity contribution in [3.63, 3.8) is 0 Å². The number of nitrogens with one attached hydrogen (secondary N) is 2. The quantitative estimate of drug-likeness (QED) is 0.551. The summed E-state index contributed by atoms with van der Waals surface area (Å²) >= 11 is 11.8. The van der Waals surface area contributed by atoms with Gasteiger partial charge in [0.05, 0.1) is 21.4 Å². The molecule has 9 heteroatoms. The van der Waals surface area contributed by atoms with Crippen molar-refractivity contribution in [1.29, 1.82) is 0 Å². The van der Waals surface area contributed by atoms with Crippen molar-refractivity contribution in [1.82, 2.24) is 20.4 Å². The topological polar surface area (TPSA) is 88.4 Å². The Morgan fingerprint density at radius 1 is 1.31 bits per heavy atom. The van der Waals surface area contributed by atoms with E-state index in [-0.39, 0.29) is 23.5 Å². The average molecular weight is 439 g/mol. The van der Waals surface area contributed by atoms with Crippen LogP contribution >= 0.6 is 23.2 Å². The predicted octanol–water partition coefficient (Wildman–Crippen LogP) is 2.56. The molecule has 3 aliphatic carbocycles. The molecule has 3 aliphatic rings. The third kappa shape index (κ3) is 3.97. The molecule has 2 aromatic rings. The molecule has 3 saturated carbocycles. The number of nitrogens with zero attached hydrogens (tertiary/aromatic N) is 2. The Balaban J connectivity index is 1.21. The molecule has 1 aromatic carbocycles. The zero-order chi connectivity index (χ0) is 20.8. The second-order valence-electron chi connectivity index (χ2n) is 8.27. The minimum Gasteiger partial charge on any atom is -0.484 e. The Labute approximate surface area is 179 Å². The second-order valence-corrected chi connectivity index (χ2v) is 9.08. The largest absolute Gasteiger partial charge is 0.484 e. The summed E-state index contributed by atoms with van der Waals surface area (Å²) in [7, 11) is 1.89. The highest BCUT2D eigenvalue weighted by Gasteiger charge is 2.71. The number of aliphatic hydroxyl groups excluding tert-OH is 1. The summed E-state index contributed by atoms with van der Waals surface area (Å²) in [5.74, 6) is 0.311. The number of rotatable bonds is 8. The maximum absolute atomic E-state index is 12.2. The number of hydrogen-bond donors (Lipinski definition) is 3. The van der Waals surface area contributed by atoms with Crippen molar-refractivity contribution in [2.75, 3.05) is 6.61 Å². The number of carbonyl (C=O) groups is 1. The Hall–Kier alpha value is -1.80. The van der Waals surface area contributed by atoms with Crippen molar-refractivity contribution >= 4 is 29.1 Å². The number of aliphatic hydroxyl groups is 1. The molecule has 0 saturated heterocycles. The van der Waals surface area contributed by atoms with Gasteiger partial charge in [-0.3, -0.25) is 14.8 Å². The molecule has 29 heavy (non-hydrogen) atoms. The van der Waals surface area contributed by atoms with Gasteiger partial charge < -0.3 is 15.2 Å². The molecule has 1 aromatic heterocycles. The van der Waals surface area contributed by atoms with Crippen molar-refractivity contribution in [2.24, 2.45) is 12.5 Å². The number of hydrogen-bond acceptors (Lipinski definition) is 5. The van der Waals surface area contributed by atoms with Gasteiger partial charge in [-0.2, -0.15) is 5.10 Å². The van der Waals surface area contributed by atoms with Gasteiger partial charge in [-0.1, -0.05) is 23.2 Å². The normalized spacial score (nSPS) is 25.7. The molecule has 3 fully saturated rings. The minimum atomic E-state index is -0.607. The lowest BCUT2D eigenvalue weighted by Gasteiger charge is -2.71. The van der Waals surface area contributed by atoms with Crippen LogP contribution in [0.4, 0.5) is 0 Å². The number of aryl methyl sites for hydroxylation is 2. The second kappa shape index (κ2) is 7.47. The molecular formula is C20H24Cl2N4O3. The zero-order valence-corrected chi connectivity index (χ0v) is 17.8. The molecule has 1 unspecified atom stereocenters. The summed E-state index contributed by atoms with van der Waals surface area (Å²) in [5.41, 5.74) is 1.60. The molecular weight excluding hydrogens is 415 g/mol. The standard InChI is InChI=1S/C20H24Cl2N4O3/c1-12-5-13(26(2)25-12)7-23-18(28)19-9-20(10-19,11-19)24-17(27)8-29-14-3-4-15(21)16(22)6-14/h3-6,18,23,28H,7-11H2,1-2H3,(H,24,27). The molecule has 1 amide bonds. The van der Waals surface area contributed by atoms with Crippen LogP contribution in [0.25, 0.3) is 0 Å². The van der Waals surface area contributed by atoms with Gasteiger partial charge in [0.2, 0.25) is 0 Å². The van der Waals surface area contributed by atoms with Crippen LogP contribution < -0.4 is 15.4 Å². The monoisotopic (exact) mass is 438 g/mol. The summed E-state index contributed by atoms with van der Waals surface area (Å²) in [6.45, 7) is 2.41. The lowest BCUT2D eigenvalue weighted by atomic mass is 9.38. The molecule has 3 N–H and O–H groups in total. The number of halogens is 2. The van der Waals surface area contributed by atoms with Crippen molar-refractivity contribution < 1.29 is 14.6 Å². The van der Waals surface area contributed by atoms with Gasteiger partial charge in [-0.25, -0.2) is 0 Å². The number of benzene rings is 1. The summed E-state index contributed by atoms with van der Waals surface area (Å²) in [4.78, 5) is 12.2. The fourth-order valence-electron chi connectivity index (χ4n) is 4.58. The third-order valence-corrected chi connectivity index (χ3v) is 6.63. The third-order valence-electron chi connectivity index (χ3n) is 5.89. The molecule has 0 radical (unpaired) electrons. The molecule has 2 bridgehead atoms. The highest BCUT2D eigenvalue weighted by atomic mass is 35.5. The first-order chi connectivity index (χ1) is 13.7. The highest BCUT2D eigenvalue weighted by Crippen LogP contribution is 2.68. The van der Waals surface area contributed by atoms with Crippen LogP contribution in [-0.2, 0) is 18.4 Å². The zero-order valence-electron chi connectivity index (χ0n) is 16.3. The van der Waals surface area contributed by atoms with Gasteiger partial charge in [0.15, 0.2) is 6.61 Å². The van der Waals surface area contributed by atoms with E-state index in [0.29, 0.717) is 22.3 Å². The van der Waals surface area contributed by atoms with Gasteiger partial charge in [-0.15, -0.1) is 0 Å². The predicted molar refractivity (Wildman–Crippen MR) is 110 cm³/mol. The van der Waals surface area contributed by atoms with Crippen LogP contribution in [0.1, 0.15) is 30.7 Å². The van der Waals surface area contributed by atoms with Gasteiger partial charge in [0, 0.05) is 30.6 Å². The molecule has 1 heterocycles. The number of ether oxygens (including phenoxy) is 1. The fourth-order valence-corrected chi connectivity index (χ4v) is 4.87. The van der Waals surface area contributed by atoms with E-state index in [1.807, 2.05) is 24.7 Å². The lowest BCUT2D eigenvalue weighted by molar-refractivity contribution is -0.224. The number of aromatic nitrogens is 2. The smallest absolute Gasteiger partial charge is 0.258 e. The van der Waals surface area contributed by atoms with Crippen molar-refractivity contribution in [3.8, 4) is 5.75 Å². The van der Waals surface area contributed by atoms with E-state index in [1.165, 1.54) is 0 Å². The number of amides is 1. The molecule has 0 spiro atoms. The van der Waals surface area contributed by atoms with Crippen LogP contribution in [0.15, 0.2) is 24.3 Å². The summed E-state index contributed by atoms with van der Waals surface area (Å²) in [6, 6.07) is 6.88. The molecule has 1 atom stereocenters. The van der Waals surface area contributed by atoms with E-state index in [4.69, 9.17) is 27.9 Å². The van der Waals surface area contributed by atoms with Gasteiger partial charge >= 0.3 is 0 Å². The Kier molecular flexibility index (Phi) is 5.27. The first-order valence-corrected chi connectivity index (χ1v) is 10.3. The summed E-state index contributed by atoms with van der Waals surface area (Å²) in [6.07, 6.45) is 1.68. The van der Waals surface area contributed by atoms with E-state index in [9.17, 15) is 9.90 Å². The first kappa shape index (κ1) is 20.5. The van der Waals surface area contributed by atoms with Gasteiger partial charge in [-0.05, 0) is 44.4 Å². The van der Waals surface area contributed by atoms with Gasteiger partial charge in [0.25, 0.3) is 5.91 Å². The van der Waals surface area contributed by atoms with E-state index in [0.717, 1.165) is 30.7 Å². The van der Waals surface area contributed by atoms with Crippen LogP contribution in [0.2, 0.25) is 10.0 Å². The molecule has 0 aliphatic heterocycles. The molecule has 156 valence electrons. The van der Waals surface area contributed by atoms with E-state index in [2.05, 4.69) is 15.7 Å². The minimum absolute atomic E-state index is 0.0899. The van der Waals surface area contributed by atoms with Crippen LogP contribution in [0.3, 0.4) is 0 Å². The van der Waals surface area contributed by atoms with E-state index < -0.39 is 6.23 Å². The summed E-state index contributed by atoms with van der Waals surface area (Å²) < 4.78 is 7.30. The SMILES string of the molecule is Cc1cc(CNC(O)C23CC(NC(=O)COc4ccc(Cl)c(Cl)c4)(C2)C3)n(C)n1. The van der Waals surface area contributed by atoms with Crippen LogP contribution in [0.5, 0.6) is 5.75 Å². The van der Waals surface area contributed by atoms with Gasteiger partial charge in [0.1, 0.15) is 12.0 Å². The maximum Gasteiger partial charge on any atom is 0.258 e. The average Bonchev–Trinajstić information content (AvgIpc) is 2.93. The Bertz CT molecular complexity index is 926. The number of carbonyl (C=O) groups excluding carboxylic acids is 1. The first-order valence-electron chi connectivity index (χ1n) is 9.50. The van der Waals surface area contributed by atoms with Crippen molar-refractivity contribution in [2.45, 2.75) is 44.5 Å². The van der Waals surface area contributed by atoms with E-state index >= 15 is 0 Å². The molecule has 7 nitrogen and oxygen atoms in total. The van der Waals surface area contributed by atoms with Crippen LogP contribution in [-0.4, -0.2) is 39.2 Å². The fraction of sp³-hybridized carbons (Fsp3) is 0.500. The van der Waals surface area contributed by atoms with Crippen molar-refractivity contribution in [3.05, 3.63) is 45.7 Å². The summed E-state index contributed by atoms with van der Waals surface area (Å²) in [5, 5.41) is 21.9. The Morgan fingerprint density at radius 3 is 2.66 bits per heavy atom. The highest BCUT2D eigenvalue weighted by molar-refractivity contribution is 6.42. The maximum atomic E-state index is 12.2. The lowest BCUT2D eigenvalue weighted by Crippen LogP contribution is -2.79. The Morgan fingerprint density at radius 2 is 2.03 bits per heavy atom. The van der Waals surface area contributed by atoms with Crippen LogP contribution in [0, 0.1) is 12.3 Å². The van der Waals surface area contributed by atoms with E-state index in [1.54, 1.807) is 18.2 Å².